The van der Waals surface area contributed by atoms with Gasteiger partial charge in [-0.2, -0.15) is 0 Å². The van der Waals surface area contributed by atoms with Crippen LogP contribution < -0.4 is 34.7 Å². The van der Waals surface area contributed by atoms with Gasteiger partial charge < -0.3 is 9.90 Å². The number of carbonyl (C=O) groups is 1. The van der Waals surface area contributed by atoms with E-state index in [0.29, 0.717) is 0 Å². The Kier molecular flexibility index (Phi) is 2.95. The van der Waals surface area contributed by atoms with Crippen molar-refractivity contribution in [2.45, 2.75) is 11.5 Å². The van der Waals surface area contributed by atoms with E-state index in [1.807, 2.05) is 0 Å². The van der Waals surface area contributed by atoms with Crippen molar-refractivity contribution < 1.29 is 43.8 Å². The van der Waals surface area contributed by atoms with Gasteiger partial charge in [-0.1, -0.05) is 11.6 Å². The molecular weight excluding hydrogens is 157 g/mol. The number of rotatable bonds is 1. The van der Waals surface area contributed by atoms with Crippen LogP contribution in [0.4, 0.5) is 4.39 Å². The average molecular weight is 161 g/mol. The van der Waals surface area contributed by atoms with Crippen LogP contribution in [0.3, 0.4) is 0 Å². The van der Waals surface area contributed by atoms with Gasteiger partial charge in [-0.3, -0.25) is 0 Å². The van der Waals surface area contributed by atoms with E-state index in [1.54, 1.807) is 0 Å². The van der Waals surface area contributed by atoms with Crippen LogP contribution in [0.1, 0.15) is 6.42 Å². The van der Waals surface area contributed by atoms with E-state index in [9.17, 15) is 14.3 Å². The third-order valence-corrected chi connectivity index (χ3v) is 1.53. The Morgan fingerprint density at radius 1 is 1.89 bits per heavy atom. The van der Waals surface area contributed by atoms with E-state index in [2.05, 4.69) is 0 Å². The zero-order valence-electron chi connectivity index (χ0n) is 4.86. The van der Waals surface area contributed by atoms with Gasteiger partial charge in [-0.15, -0.1) is 0 Å². The summed E-state index contributed by atoms with van der Waals surface area (Å²) in [5.74, 6) is -2.48. The Morgan fingerprint density at radius 3 is 2.22 bits per heavy atom. The maximum absolute atomic E-state index is 12.1. The Balaban J connectivity index is 0.000000640. The van der Waals surface area contributed by atoms with Crippen molar-refractivity contribution in [3.05, 3.63) is 0 Å². The van der Waals surface area contributed by atoms with Gasteiger partial charge in [0.15, 0.2) is 5.13 Å². The molecule has 5 heteroatoms. The van der Waals surface area contributed by atoms with E-state index in [-0.39, 0.29) is 36.0 Å². The summed E-state index contributed by atoms with van der Waals surface area (Å²) in [5, 5.41) is 7.74. The summed E-state index contributed by atoms with van der Waals surface area (Å²) in [6.07, 6.45) is -0.114. The molecule has 1 aliphatic rings. The molecule has 46 valence electrons. The Labute approximate surface area is 78.7 Å². The molecule has 0 aromatic rings. The second-order valence-electron chi connectivity index (χ2n) is 1.84. The smallest absolute Gasteiger partial charge is 0.550 e. The number of alkyl halides is 2. The number of carbonyl (C=O) groups excluding carboxylic acids is 1. The van der Waals surface area contributed by atoms with Gasteiger partial charge >= 0.3 is 29.6 Å². The van der Waals surface area contributed by atoms with E-state index in [1.165, 1.54) is 0 Å². The minimum absolute atomic E-state index is 0. The van der Waals surface area contributed by atoms with Crippen LogP contribution in [-0.2, 0) is 4.79 Å². The molecule has 2 atom stereocenters. The molecule has 0 N–H and O–H groups in total. The molecule has 0 bridgehead atoms. The van der Waals surface area contributed by atoms with Crippen molar-refractivity contribution in [2.24, 2.45) is 5.92 Å². The van der Waals surface area contributed by atoms with Crippen molar-refractivity contribution in [1.82, 2.24) is 0 Å². The molecule has 0 amide bonds. The summed E-state index contributed by atoms with van der Waals surface area (Å²) in [5.41, 5.74) is 0. The van der Waals surface area contributed by atoms with Crippen LogP contribution in [-0.4, -0.2) is 11.1 Å². The first-order chi connectivity index (χ1) is 3.54. The van der Waals surface area contributed by atoms with Gasteiger partial charge in [-0.25, -0.2) is 4.39 Å². The zero-order valence-corrected chi connectivity index (χ0v) is 7.61. The van der Waals surface area contributed by atoms with E-state index < -0.39 is 17.0 Å². The molecule has 9 heavy (non-hydrogen) atoms. The molecule has 1 saturated carbocycles. The normalized spacial score (nSPS) is 39.1. The summed E-state index contributed by atoms with van der Waals surface area (Å²) in [7, 11) is 0. The maximum Gasteiger partial charge on any atom is 1.00 e. The third-order valence-electron chi connectivity index (χ3n) is 1.11. The van der Waals surface area contributed by atoms with Gasteiger partial charge in [0.05, 0.1) is 5.92 Å². The molecule has 0 aromatic carbocycles. The van der Waals surface area contributed by atoms with Crippen LogP contribution in [0.2, 0.25) is 0 Å². The van der Waals surface area contributed by atoms with Crippen LogP contribution in [0.25, 0.3) is 0 Å². The average Bonchev–Trinajstić information content (AvgIpc) is 2.13. The van der Waals surface area contributed by atoms with Crippen LogP contribution in [0.15, 0.2) is 0 Å². The first-order valence-electron chi connectivity index (χ1n) is 2.13. The summed E-state index contributed by atoms with van der Waals surface area (Å²) >= 11 is 4.91. The molecule has 1 fully saturated rings. The maximum atomic E-state index is 12.1. The van der Waals surface area contributed by atoms with Crippen LogP contribution in [0.5, 0.6) is 0 Å². The zero-order chi connectivity index (χ0) is 6.36. The molecule has 0 aliphatic heterocycles. The number of aliphatic carboxylic acids is 1. The summed E-state index contributed by atoms with van der Waals surface area (Å²) in [4.78, 5) is 9.74. The first kappa shape index (κ1) is 9.69. The number of halogens is 2. The molecular formula is C4H3ClFNaO2. The molecule has 0 unspecified atom stereocenters. The molecule has 1 aliphatic carbocycles. The van der Waals surface area contributed by atoms with Gasteiger partial charge in [0.2, 0.25) is 0 Å². The summed E-state index contributed by atoms with van der Waals surface area (Å²) in [6, 6.07) is 0. The molecule has 0 heterocycles. The van der Waals surface area contributed by atoms with Gasteiger partial charge in [0, 0.05) is 12.4 Å². The van der Waals surface area contributed by atoms with Crippen molar-refractivity contribution in [3.8, 4) is 0 Å². The Bertz CT molecular complexity index is 139. The first-order valence-corrected chi connectivity index (χ1v) is 2.50. The predicted molar refractivity (Wildman–Crippen MR) is 22.8 cm³/mol. The van der Waals surface area contributed by atoms with E-state index in [0.717, 1.165) is 0 Å². The Morgan fingerprint density at radius 2 is 2.22 bits per heavy atom. The Hall–Kier alpha value is 0.690. The fourth-order valence-electron chi connectivity index (χ4n) is 0.469. The monoisotopic (exact) mass is 160 g/mol. The fraction of sp³-hybridized carbons (Fsp3) is 0.750. The minimum Gasteiger partial charge on any atom is -0.550 e. The summed E-state index contributed by atoms with van der Waals surface area (Å²) < 4.78 is 12.1. The number of hydrogen-bond acceptors (Lipinski definition) is 2. The molecule has 0 radical (unpaired) electrons. The van der Waals surface area contributed by atoms with Crippen molar-refractivity contribution in [1.29, 1.82) is 0 Å². The number of hydrogen-bond donors (Lipinski definition) is 0. The molecule has 0 aromatic heterocycles. The van der Waals surface area contributed by atoms with Crippen molar-refractivity contribution in [3.63, 3.8) is 0 Å². The van der Waals surface area contributed by atoms with Crippen LogP contribution >= 0.6 is 11.6 Å². The van der Waals surface area contributed by atoms with Gasteiger partial charge in [-0.05, 0) is 0 Å². The second-order valence-corrected chi connectivity index (χ2v) is 2.47. The largest absolute Gasteiger partial charge is 1.00 e. The molecule has 1 rings (SSSR count). The molecule has 2 nitrogen and oxygen atoms in total. The minimum atomic E-state index is -2.00. The second kappa shape index (κ2) is 2.74. The topological polar surface area (TPSA) is 40.1 Å². The van der Waals surface area contributed by atoms with Crippen molar-refractivity contribution >= 4 is 17.6 Å². The van der Waals surface area contributed by atoms with Crippen LogP contribution in [0, 0.1) is 5.92 Å². The molecule has 0 spiro atoms. The molecule has 0 saturated heterocycles. The number of carboxylic acid groups (broad SMARTS) is 1. The predicted octanol–water partition coefficient (Wildman–Crippen LogP) is -3.34. The SMILES string of the molecule is O=C([O-])[C@@H]1C[C@@]1(F)Cl.[Na+]. The number of carboxylic acids is 1. The van der Waals surface area contributed by atoms with Gasteiger partial charge in [0.1, 0.15) is 0 Å². The van der Waals surface area contributed by atoms with Crippen molar-refractivity contribution in [2.75, 3.05) is 0 Å². The third kappa shape index (κ3) is 2.08. The fourth-order valence-corrected chi connectivity index (χ4v) is 0.712. The summed E-state index contributed by atoms with van der Waals surface area (Å²) in [6.45, 7) is 0. The van der Waals surface area contributed by atoms with E-state index in [4.69, 9.17) is 11.6 Å². The van der Waals surface area contributed by atoms with Gasteiger partial charge in [0.25, 0.3) is 0 Å². The van der Waals surface area contributed by atoms with E-state index >= 15 is 0 Å². The standard InChI is InChI=1S/C4H4ClFO2.Na/c5-4(6)1-2(4)3(7)8;/h2H,1H2,(H,7,8);/q;+1/p-1/t2-,4-;/m0./s1. The quantitative estimate of drug-likeness (QED) is 0.297.